The first-order valence-electron chi connectivity index (χ1n) is 12.0. The van der Waals surface area contributed by atoms with Crippen LogP contribution in [0.15, 0.2) is 108 Å². The fraction of sp³-hybridized carbons (Fsp3) is 0.182. The molecule has 0 bridgehead atoms. The van der Waals surface area contributed by atoms with E-state index in [1.54, 1.807) is 7.11 Å². The van der Waals surface area contributed by atoms with Gasteiger partial charge >= 0.3 is 0 Å². The molecule has 0 saturated heterocycles. The molecular weight excluding hydrogens is 426 g/mol. The second-order valence-corrected chi connectivity index (χ2v) is 9.74. The van der Waals surface area contributed by atoms with Crippen molar-refractivity contribution in [1.82, 2.24) is 0 Å². The lowest BCUT2D eigenvalue weighted by Gasteiger charge is -2.23. The van der Waals surface area contributed by atoms with Gasteiger partial charge in [0.2, 0.25) is 0 Å². The molecule has 4 aromatic carbocycles. The molecule has 0 fully saturated rings. The third-order valence-corrected chi connectivity index (χ3v) is 6.13. The highest BCUT2D eigenvalue weighted by Gasteiger charge is 2.19. The Balaban J connectivity index is 1.93. The first-order valence-corrected chi connectivity index (χ1v) is 12.0. The Morgan fingerprint density at radius 3 is 1.97 bits per heavy atom. The second-order valence-electron chi connectivity index (χ2n) is 9.74. The molecule has 0 aliphatic rings. The fourth-order valence-corrected chi connectivity index (χ4v) is 4.11. The van der Waals surface area contributed by atoms with Crippen molar-refractivity contribution in [1.29, 1.82) is 0 Å². The molecule has 0 saturated carbocycles. The average Bonchev–Trinajstić information content (AvgIpc) is 2.88. The summed E-state index contributed by atoms with van der Waals surface area (Å²) < 4.78 is 5.30. The van der Waals surface area contributed by atoms with Gasteiger partial charge in [-0.05, 0) is 76.6 Å². The summed E-state index contributed by atoms with van der Waals surface area (Å²) in [6.45, 7) is 8.86. The maximum atomic E-state index is 5.30. The summed E-state index contributed by atoms with van der Waals surface area (Å²) in [6.07, 6.45) is 2.28. The minimum absolute atomic E-state index is 0.0306. The summed E-state index contributed by atoms with van der Waals surface area (Å²) in [5.41, 5.74) is 9.04. The first-order chi connectivity index (χ1) is 16.8. The Bertz CT molecular complexity index is 1330. The molecule has 2 heteroatoms. The number of methoxy groups -OCH3 is 1. The zero-order chi connectivity index (χ0) is 24.8. The van der Waals surface area contributed by atoms with Crippen molar-refractivity contribution in [3.05, 3.63) is 131 Å². The molecule has 0 unspecified atom stereocenters. The molecule has 2 nitrogen and oxygen atoms in total. The van der Waals surface area contributed by atoms with Crippen LogP contribution in [0.4, 0.5) is 5.69 Å². The number of benzene rings is 4. The SMILES string of the molecule is COc1ccc(N=C(C)c2ccc(C(C)(C)C)cc2/C(=C\c2ccccc2)c2ccccc2)cc1. The van der Waals surface area contributed by atoms with Crippen molar-refractivity contribution in [2.75, 3.05) is 7.11 Å². The largest absolute Gasteiger partial charge is 0.497 e. The molecule has 35 heavy (non-hydrogen) atoms. The van der Waals surface area contributed by atoms with Gasteiger partial charge in [-0.1, -0.05) is 93.6 Å². The summed E-state index contributed by atoms with van der Waals surface area (Å²) >= 11 is 0. The van der Waals surface area contributed by atoms with Crippen molar-refractivity contribution in [2.45, 2.75) is 33.1 Å². The maximum Gasteiger partial charge on any atom is 0.119 e. The highest BCUT2D eigenvalue weighted by molar-refractivity contribution is 6.07. The smallest absolute Gasteiger partial charge is 0.119 e. The van der Waals surface area contributed by atoms with E-state index in [2.05, 4.69) is 113 Å². The van der Waals surface area contributed by atoms with E-state index in [-0.39, 0.29) is 5.41 Å². The van der Waals surface area contributed by atoms with Crippen LogP contribution in [0.1, 0.15) is 55.5 Å². The van der Waals surface area contributed by atoms with Gasteiger partial charge in [0.25, 0.3) is 0 Å². The van der Waals surface area contributed by atoms with Crippen molar-refractivity contribution in [3.63, 3.8) is 0 Å². The molecule has 176 valence electrons. The van der Waals surface area contributed by atoms with Gasteiger partial charge in [-0.25, -0.2) is 0 Å². The van der Waals surface area contributed by atoms with E-state index in [0.29, 0.717) is 0 Å². The predicted molar refractivity (Wildman–Crippen MR) is 150 cm³/mol. The summed E-state index contributed by atoms with van der Waals surface area (Å²) in [5, 5.41) is 0. The van der Waals surface area contributed by atoms with Crippen LogP contribution >= 0.6 is 0 Å². The maximum absolute atomic E-state index is 5.30. The molecule has 0 N–H and O–H groups in total. The van der Waals surface area contributed by atoms with Crippen LogP contribution in [-0.4, -0.2) is 12.8 Å². The van der Waals surface area contributed by atoms with Crippen LogP contribution in [0.3, 0.4) is 0 Å². The summed E-state index contributed by atoms with van der Waals surface area (Å²) in [4.78, 5) is 4.97. The van der Waals surface area contributed by atoms with Gasteiger partial charge < -0.3 is 4.74 Å². The molecule has 4 aromatic rings. The van der Waals surface area contributed by atoms with Gasteiger partial charge in [0, 0.05) is 11.3 Å². The van der Waals surface area contributed by atoms with Crippen molar-refractivity contribution in [3.8, 4) is 5.75 Å². The van der Waals surface area contributed by atoms with E-state index in [1.807, 2.05) is 24.3 Å². The third kappa shape index (κ3) is 5.96. The predicted octanol–water partition coefficient (Wildman–Crippen LogP) is 8.72. The van der Waals surface area contributed by atoms with Crippen LogP contribution in [0, 0.1) is 0 Å². The number of rotatable bonds is 6. The normalized spacial score (nSPS) is 12.5. The Morgan fingerprint density at radius 1 is 0.743 bits per heavy atom. The molecule has 0 amide bonds. The van der Waals surface area contributed by atoms with Crippen LogP contribution in [-0.2, 0) is 5.41 Å². The van der Waals surface area contributed by atoms with Gasteiger partial charge in [-0.2, -0.15) is 0 Å². The van der Waals surface area contributed by atoms with Gasteiger partial charge in [0.1, 0.15) is 5.75 Å². The van der Waals surface area contributed by atoms with Crippen molar-refractivity contribution in [2.24, 2.45) is 4.99 Å². The number of ether oxygens (including phenoxy) is 1. The Labute approximate surface area is 209 Å². The first kappa shape index (κ1) is 24.2. The number of hydrogen-bond acceptors (Lipinski definition) is 2. The highest BCUT2D eigenvalue weighted by Crippen LogP contribution is 2.34. The van der Waals surface area contributed by atoms with E-state index in [4.69, 9.17) is 9.73 Å². The van der Waals surface area contributed by atoms with Crippen LogP contribution in [0.25, 0.3) is 11.6 Å². The number of hydrogen-bond donors (Lipinski definition) is 0. The van der Waals surface area contributed by atoms with Gasteiger partial charge in [0.15, 0.2) is 0 Å². The molecule has 0 aromatic heterocycles. The molecule has 4 rings (SSSR count). The van der Waals surface area contributed by atoms with Crippen LogP contribution in [0.5, 0.6) is 5.75 Å². The second kappa shape index (κ2) is 10.6. The number of aliphatic imine (C=N–C) groups is 1. The lowest BCUT2D eigenvalue weighted by Crippen LogP contribution is -2.13. The van der Waals surface area contributed by atoms with Crippen molar-refractivity contribution < 1.29 is 4.74 Å². The minimum atomic E-state index is 0.0306. The summed E-state index contributed by atoms with van der Waals surface area (Å²) in [7, 11) is 1.68. The van der Waals surface area contributed by atoms with Crippen LogP contribution < -0.4 is 4.74 Å². The summed E-state index contributed by atoms with van der Waals surface area (Å²) in [5.74, 6) is 0.828. The Kier molecular flexibility index (Phi) is 7.31. The molecule has 0 radical (unpaired) electrons. The quantitative estimate of drug-likeness (QED) is 0.209. The van der Waals surface area contributed by atoms with Gasteiger partial charge in [0.05, 0.1) is 12.8 Å². The average molecular weight is 460 g/mol. The molecule has 0 heterocycles. The van der Waals surface area contributed by atoms with E-state index < -0.39 is 0 Å². The van der Waals surface area contributed by atoms with E-state index in [0.717, 1.165) is 22.7 Å². The standard InChI is InChI=1S/C33H33NO/c1-24(34-28-17-19-29(35-5)20-18-28)30-21-16-27(33(2,3)4)23-32(30)31(26-14-10-7-11-15-26)22-25-12-8-6-9-13-25/h6-23H,1-5H3/b31-22-,34-24?. The molecule has 0 aliphatic carbocycles. The van der Waals surface area contributed by atoms with Crippen LogP contribution in [0.2, 0.25) is 0 Å². The van der Waals surface area contributed by atoms with Gasteiger partial charge in [-0.15, -0.1) is 0 Å². The monoisotopic (exact) mass is 459 g/mol. The number of nitrogens with zero attached hydrogens (tertiary/aromatic N) is 1. The Hall–Kier alpha value is -3.91. The minimum Gasteiger partial charge on any atom is -0.497 e. The third-order valence-electron chi connectivity index (χ3n) is 6.13. The van der Waals surface area contributed by atoms with Gasteiger partial charge in [-0.3, -0.25) is 4.99 Å². The topological polar surface area (TPSA) is 21.6 Å². The molecule has 0 aliphatic heterocycles. The molecule has 0 atom stereocenters. The summed E-state index contributed by atoms with van der Waals surface area (Å²) in [6, 6.07) is 35.8. The highest BCUT2D eigenvalue weighted by atomic mass is 16.5. The zero-order valence-corrected chi connectivity index (χ0v) is 21.2. The zero-order valence-electron chi connectivity index (χ0n) is 21.2. The fourth-order valence-electron chi connectivity index (χ4n) is 4.11. The molecular formula is C33H33NO. The molecule has 0 spiro atoms. The van der Waals surface area contributed by atoms with Crippen molar-refractivity contribution >= 4 is 23.0 Å². The van der Waals surface area contributed by atoms with E-state index in [9.17, 15) is 0 Å². The van der Waals surface area contributed by atoms with E-state index >= 15 is 0 Å². The Morgan fingerprint density at radius 2 is 1.37 bits per heavy atom. The lowest BCUT2D eigenvalue weighted by molar-refractivity contribution is 0.415. The van der Waals surface area contributed by atoms with E-state index in [1.165, 1.54) is 27.8 Å². The lowest BCUT2D eigenvalue weighted by atomic mass is 9.82.